The fraction of sp³-hybridized carbons (Fsp3) is 0.389. The minimum Gasteiger partial charge on any atom is -0.437 e. The van der Waals surface area contributed by atoms with Crippen molar-refractivity contribution < 1.29 is 9.53 Å². The van der Waals surface area contributed by atoms with E-state index < -0.39 is 0 Å². The lowest BCUT2D eigenvalue weighted by Gasteiger charge is -2.39. The molecule has 1 fully saturated rings. The first kappa shape index (κ1) is 16.4. The summed E-state index contributed by atoms with van der Waals surface area (Å²) in [5, 5.41) is 0. The molecule has 0 aliphatic carbocycles. The summed E-state index contributed by atoms with van der Waals surface area (Å²) in [6.07, 6.45) is 6.80. The zero-order valence-corrected chi connectivity index (χ0v) is 13.8. The molecule has 0 bridgehead atoms. The molecule has 6 nitrogen and oxygen atoms in total. The van der Waals surface area contributed by atoms with Crippen molar-refractivity contribution in [2.75, 3.05) is 13.1 Å². The van der Waals surface area contributed by atoms with Crippen molar-refractivity contribution in [1.29, 1.82) is 0 Å². The molecular formula is C18H22N4O2. The van der Waals surface area contributed by atoms with E-state index in [1.165, 1.54) is 6.20 Å². The number of amides is 1. The van der Waals surface area contributed by atoms with E-state index in [1.54, 1.807) is 30.6 Å². The maximum absolute atomic E-state index is 12.9. The summed E-state index contributed by atoms with van der Waals surface area (Å²) in [7, 11) is 0. The third kappa shape index (κ3) is 3.54. The van der Waals surface area contributed by atoms with Gasteiger partial charge in [-0.25, -0.2) is 4.98 Å². The smallest absolute Gasteiger partial charge is 0.254 e. The van der Waals surface area contributed by atoms with Gasteiger partial charge in [0.15, 0.2) is 0 Å². The highest BCUT2D eigenvalue weighted by Gasteiger charge is 2.31. The number of piperidine rings is 1. The Morgan fingerprint density at radius 1 is 1.42 bits per heavy atom. The largest absolute Gasteiger partial charge is 0.437 e. The number of carbonyl (C=O) groups excluding carboxylic acids is 1. The van der Waals surface area contributed by atoms with Crippen molar-refractivity contribution in [3.05, 3.63) is 48.4 Å². The summed E-state index contributed by atoms with van der Waals surface area (Å²) in [4.78, 5) is 22.8. The van der Waals surface area contributed by atoms with E-state index in [1.807, 2.05) is 11.0 Å². The maximum atomic E-state index is 12.9. The van der Waals surface area contributed by atoms with Crippen molar-refractivity contribution in [3.63, 3.8) is 0 Å². The van der Waals surface area contributed by atoms with E-state index in [-0.39, 0.29) is 11.9 Å². The Bertz CT molecular complexity index is 692. The van der Waals surface area contributed by atoms with Gasteiger partial charge in [0.1, 0.15) is 5.75 Å². The van der Waals surface area contributed by atoms with Crippen molar-refractivity contribution in [2.45, 2.75) is 25.8 Å². The maximum Gasteiger partial charge on any atom is 0.254 e. The highest BCUT2D eigenvalue weighted by atomic mass is 16.5. The molecule has 6 heteroatoms. The predicted molar refractivity (Wildman–Crippen MR) is 90.8 cm³/mol. The molecule has 1 amide bonds. The molecule has 2 unspecified atom stereocenters. The highest BCUT2D eigenvalue weighted by Crippen LogP contribution is 2.26. The normalized spacial score (nSPS) is 20.7. The number of rotatable bonds is 4. The molecule has 0 saturated carbocycles. The van der Waals surface area contributed by atoms with E-state index in [9.17, 15) is 4.79 Å². The summed E-state index contributed by atoms with van der Waals surface area (Å²) < 4.78 is 5.66. The van der Waals surface area contributed by atoms with Gasteiger partial charge in [-0.1, -0.05) is 13.0 Å². The van der Waals surface area contributed by atoms with E-state index in [0.29, 0.717) is 29.7 Å². The van der Waals surface area contributed by atoms with Crippen LogP contribution >= 0.6 is 0 Å². The Hall–Kier alpha value is -2.47. The summed E-state index contributed by atoms with van der Waals surface area (Å²) in [5.74, 6) is 1.39. The fourth-order valence-electron chi connectivity index (χ4n) is 3.18. The van der Waals surface area contributed by atoms with Crippen LogP contribution in [0.3, 0.4) is 0 Å². The van der Waals surface area contributed by atoms with Crippen LogP contribution in [0, 0.1) is 5.92 Å². The number of nitrogens with two attached hydrogens (primary N) is 1. The molecule has 0 radical (unpaired) electrons. The summed E-state index contributed by atoms with van der Waals surface area (Å²) >= 11 is 0. The van der Waals surface area contributed by atoms with Gasteiger partial charge in [0.2, 0.25) is 5.88 Å². The van der Waals surface area contributed by atoms with Gasteiger partial charge < -0.3 is 15.4 Å². The first-order chi connectivity index (χ1) is 11.7. The molecule has 0 spiro atoms. The Morgan fingerprint density at radius 3 is 3.04 bits per heavy atom. The Kier molecular flexibility index (Phi) is 5.05. The lowest BCUT2D eigenvalue weighted by Crippen LogP contribution is -2.51. The standard InChI is InChI=1S/C18H22N4O2/c1-13-4-3-9-22(16(13)11-19)18(23)14-5-2-6-15(10-14)24-17-12-20-7-8-21-17/h2,5-8,10,12-13,16H,3-4,9,11,19H2,1H3. The van der Waals surface area contributed by atoms with Gasteiger partial charge in [-0.05, 0) is 37.0 Å². The molecule has 1 aliphatic heterocycles. The van der Waals surface area contributed by atoms with Crippen LogP contribution < -0.4 is 10.5 Å². The second-order valence-electron chi connectivity index (χ2n) is 6.09. The van der Waals surface area contributed by atoms with E-state index in [2.05, 4.69) is 16.9 Å². The lowest BCUT2D eigenvalue weighted by atomic mass is 9.90. The van der Waals surface area contributed by atoms with Crippen LogP contribution in [0.2, 0.25) is 0 Å². The number of hydrogen-bond acceptors (Lipinski definition) is 5. The molecule has 1 aromatic carbocycles. The van der Waals surface area contributed by atoms with Crippen LogP contribution in [0.1, 0.15) is 30.1 Å². The SMILES string of the molecule is CC1CCCN(C(=O)c2cccc(Oc3cnccn3)c2)C1CN. The van der Waals surface area contributed by atoms with Gasteiger partial charge in [0.25, 0.3) is 5.91 Å². The Morgan fingerprint density at radius 2 is 2.29 bits per heavy atom. The Labute approximate surface area is 141 Å². The van der Waals surface area contributed by atoms with Crippen LogP contribution in [0.4, 0.5) is 0 Å². The minimum atomic E-state index is 0.00148. The van der Waals surface area contributed by atoms with Crippen molar-refractivity contribution in [3.8, 4) is 11.6 Å². The van der Waals surface area contributed by atoms with E-state index >= 15 is 0 Å². The first-order valence-electron chi connectivity index (χ1n) is 8.24. The average molecular weight is 326 g/mol. The number of benzene rings is 1. The topological polar surface area (TPSA) is 81.3 Å². The van der Waals surface area contributed by atoms with Crippen LogP contribution in [-0.2, 0) is 0 Å². The van der Waals surface area contributed by atoms with Gasteiger partial charge >= 0.3 is 0 Å². The molecule has 1 aromatic heterocycles. The molecule has 126 valence electrons. The van der Waals surface area contributed by atoms with Crippen LogP contribution in [0.5, 0.6) is 11.6 Å². The van der Waals surface area contributed by atoms with Crippen LogP contribution in [0.25, 0.3) is 0 Å². The van der Waals surface area contributed by atoms with E-state index in [4.69, 9.17) is 10.5 Å². The molecule has 1 saturated heterocycles. The zero-order chi connectivity index (χ0) is 16.9. The quantitative estimate of drug-likeness (QED) is 0.933. The van der Waals surface area contributed by atoms with Gasteiger partial charge in [-0.15, -0.1) is 0 Å². The summed E-state index contributed by atoms with van der Waals surface area (Å²) in [6.45, 7) is 3.40. The minimum absolute atomic E-state index is 0.00148. The molecule has 2 heterocycles. The number of carbonyl (C=O) groups is 1. The Balaban J connectivity index is 1.79. The molecule has 3 rings (SSSR count). The van der Waals surface area contributed by atoms with Crippen molar-refractivity contribution in [2.24, 2.45) is 11.7 Å². The second kappa shape index (κ2) is 7.40. The third-order valence-corrected chi connectivity index (χ3v) is 4.46. The van der Waals surface area contributed by atoms with Crippen molar-refractivity contribution >= 4 is 5.91 Å². The number of ether oxygens (including phenoxy) is 1. The number of aromatic nitrogens is 2. The summed E-state index contributed by atoms with van der Waals surface area (Å²) in [6, 6.07) is 7.24. The average Bonchev–Trinajstić information content (AvgIpc) is 2.62. The number of likely N-dealkylation sites (tertiary alicyclic amines) is 1. The number of nitrogens with zero attached hydrogens (tertiary/aromatic N) is 3. The highest BCUT2D eigenvalue weighted by molar-refractivity contribution is 5.95. The van der Waals surface area contributed by atoms with Gasteiger partial charge in [-0.3, -0.25) is 9.78 Å². The van der Waals surface area contributed by atoms with E-state index in [0.717, 1.165) is 19.4 Å². The zero-order valence-electron chi connectivity index (χ0n) is 13.8. The van der Waals surface area contributed by atoms with Gasteiger partial charge in [-0.2, -0.15) is 0 Å². The molecule has 2 aromatic rings. The van der Waals surface area contributed by atoms with Crippen molar-refractivity contribution in [1.82, 2.24) is 14.9 Å². The predicted octanol–water partition coefficient (Wildman–Crippen LogP) is 2.47. The second-order valence-corrected chi connectivity index (χ2v) is 6.09. The van der Waals surface area contributed by atoms with Gasteiger partial charge in [0.05, 0.1) is 6.20 Å². The third-order valence-electron chi connectivity index (χ3n) is 4.46. The fourth-order valence-corrected chi connectivity index (χ4v) is 3.18. The molecule has 1 aliphatic rings. The lowest BCUT2D eigenvalue weighted by molar-refractivity contribution is 0.0532. The summed E-state index contributed by atoms with van der Waals surface area (Å²) in [5.41, 5.74) is 6.50. The monoisotopic (exact) mass is 326 g/mol. The first-order valence-corrected chi connectivity index (χ1v) is 8.24. The molecular weight excluding hydrogens is 304 g/mol. The van der Waals surface area contributed by atoms with Gasteiger partial charge in [0, 0.05) is 37.1 Å². The molecule has 2 atom stereocenters. The molecule has 24 heavy (non-hydrogen) atoms. The van der Waals surface area contributed by atoms with Crippen LogP contribution in [-0.4, -0.2) is 39.9 Å². The number of hydrogen-bond donors (Lipinski definition) is 1. The molecule has 2 N–H and O–H groups in total. The van der Waals surface area contributed by atoms with Crippen LogP contribution in [0.15, 0.2) is 42.9 Å².